The lowest BCUT2D eigenvalue weighted by Gasteiger charge is -2.27. The maximum Gasteiger partial charge on any atom is 0.281 e. The highest BCUT2D eigenvalue weighted by atomic mass is 32.2. The Kier molecular flexibility index (Phi) is 12.2. The molecule has 0 aromatic carbocycles. The summed E-state index contributed by atoms with van der Waals surface area (Å²) in [7, 11) is 1.27. The SMILES string of the molecule is CCCNCCCN(C)S(=O)(=O)N(CCOC)CCOC. The quantitative estimate of drug-likeness (QED) is 0.460. The number of hydrogen-bond donors (Lipinski definition) is 1. The topological polar surface area (TPSA) is 71.1 Å². The number of nitrogens with zero attached hydrogens (tertiary/aromatic N) is 2. The van der Waals surface area contributed by atoms with Crippen molar-refractivity contribution >= 4 is 10.2 Å². The lowest BCUT2D eigenvalue weighted by molar-refractivity contribution is 0.147. The number of hydrogen-bond acceptors (Lipinski definition) is 5. The van der Waals surface area contributed by atoms with Crippen molar-refractivity contribution in [1.82, 2.24) is 13.9 Å². The third-order valence-corrected chi connectivity index (χ3v) is 5.05. The average Bonchev–Trinajstić information content (AvgIpc) is 2.46. The minimum Gasteiger partial charge on any atom is -0.383 e. The fourth-order valence-electron chi connectivity index (χ4n) is 1.77. The number of ether oxygens (including phenoxy) is 2. The fraction of sp³-hybridized carbons (Fsp3) is 1.00. The summed E-state index contributed by atoms with van der Waals surface area (Å²) in [5.74, 6) is 0. The highest BCUT2D eigenvalue weighted by molar-refractivity contribution is 7.86. The molecule has 0 atom stereocenters. The molecule has 0 aromatic heterocycles. The molecule has 0 fully saturated rings. The van der Waals surface area contributed by atoms with Gasteiger partial charge in [-0.25, -0.2) is 0 Å². The monoisotopic (exact) mass is 325 g/mol. The Morgan fingerprint density at radius 3 is 2.05 bits per heavy atom. The number of nitrogens with one attached hydrogen (secondary N) is 1. The van der Waals surface area contributed by atoms with Crippen molar-refractivity contribution in [3.05, 3.63) is 0 Å². The summed E-state index contributed by atoms with van der Waals surface area (Å²) in [5.41, 5.74) is 0. The van der Waals surface area contributed by atoms with Gasteiger partial charge in [0.15, 0.2) is 0 Å². The van der Waals surface area contributed by atoms with E-state index < -0.39 is 10.2 Å². The molecule has 8 heteroatoms. The van der Waals surface area contributed by atoms with Crippen molar-refractivity contribution in [3.8, 4) is 0 Å². The molecule has 128 valence electrons. The first kappa shape index (κ1) is 20.8. The van der Waals surface area contributed by atoms with Gasteiger partial charge >= 0.3 is 0 Å². The highest BCUT2D eigenvalue weighted by Crippen LogP contribution is 2.07. The predicted octanol–water partition coefficient (Wildman–Crippen LogP) is 0.148. The summed E-state index contributed by atoms with van der Waals surface area (Å²) in [6, 6.07) is 0. The van der Waals surface area contributed by atoms with Crippen molar-refractivity contribution in [3.63, 3.8) is 0 Å². The van der Waals surface area contributed by atoms with Crippen molar-refractivity contribution in [2.75, 3.05) is 67.2 Å². The Labute approximate surface area is 129 Å². The van der Waals surface area contributed by atoms with Crippen molar-refractivity contribution in [2.24, 2.45) is 0 Å². The molecule has 0 spiro atoms. The molecular weight excluding hydrogens is 294 g/mol. The van der Waals surface area contributed by atoms with Crippen molar-refractivity contribution < 1.29 is 17.9 Å². The molecule has 0 saturated carbocycles. The van der Waals surface area contributed by atoms with Crippen LogP contribution in [0.2, 0.25) is 0 Å². The standard InChI is InChI=1S/C13H31N3O4S/c1-5-7-14-8-6-9-15(2)21(17,18)16(10-12-19-3)11-13-20-4/h14H,5-13H2,1-4H3. The molecule has 7 nitrogen and oxygen atoms in total. The van der Waals surface area contributed by atoms with Gasteiger partial charge in [0.05, 0.1) is 13.2 Å². The Morgan fingerprint density at radius 1 is 1.00 bits per heavy atom. The van der Waals surface area contributed by atoms with Crippen LogP contribution in [0.3, 0.4) is 0 Å². The van der Waals surface area contributed by atoms with E-state index in [9.17, 15) is 8.42 Å². The first-order valence-corrected chi connectivity index (χ1v) is 8.80. The van der Waals surface area contributed by atoms with Crippen LogP contribution in [0, 0.1) is 0 Å². The summed E-state index contributed by atoms with van der Waals surface area (Å²) in [4.78, 5) is 0. The summed E-state index contributed by atoms with van der Waals surface area (Å²) in [6.07, 6.45) is 1.87. The molecule has 0 unspecified atom stereocenters. The predicted molar refractivity (Wildman–Crippen MR) is 84.7 cm³/mol. The van der Waals surface area contributed by atoms with Gasteiger partial charge in [-0.1, -0.05) is 6.92 Å². The van der Waals surface area contributed by atoms with Gasteiger partial charge in [0, 0.05) is 40.9 Å². The van der Waals surface area contributed by atoms with Crippen LogP contribution in [0.4, 0.5) is 0 Å². The molecule has 0 aromatic rings. The second kappa shape index (κ2) is 12.3. The van der Waals surface area contributed by atoms with Gasteiger partial charge in [-0.15, -0.1) is 0 Å². The van der Waals surface area contributed by atoms with Crippen molar-refractivity contribution in [2.45, 2.75) is 19.8 Å². The van der Waals surface area contributed by atoms with Crippen LogP contribution >= 0.6 is 0 Å². The second-order valence-corrected chi connectivity index (χ2v) is 6.85. The maximum absolute atomic E-state index is 12.5. The lowest BCUT2D eigenvalue weighted by atomic mass is 10.4. The molecule has 0 aliphatic carbocycles. The van der Waals surface area contributed by atoms with E-state index in [1.54, 1.807) is 21.3 Å². The maximum atomic E-state index is 12.5. The zero-order valence-corrected chi connectivity index (χ0v) is 14.6. The van der Waals surface area contributed by atoms with E-state index in [2.05, 4.69) is 12.2 Å². The highest BCUT2D eigenvalue weighted by Gasteiger charge is 2.25. The summed E-state index contributed by atoms with van der Waals surface area (Å²) >= 11 is 0. The van der Waals surface area contributed by atoms with Crippen LogP contribution in [-0.4, -0.2) is 84.2 Å². The smallest absolute Gasteiger partial charge is 0.281 e. The van der Waals surface area contributed by atoms with Crippen LogP contribution in [0.1, 0.15) is 19.8 Å². The molecule has 0 radical (unpaired) electrons. The number of methoxy groups -OCH3 is 2. The van der Waals surface area contributed by atoms with Gasteiger partial charge in [0.25, 0.3) is 10.2 Å². The zero-order chi connectivity index (χ0) is 16.1. The minimum absolute atomic E-state index is 0.334. The molecule has 0 aliphatic heterocycles. The lowest BCUT2D eigenvalue weighted by Crippen LogP contribution is -2.45. The molecule has 21 heavy (non-hydrogen) atoms. The van der Waals surface area contributed by atoms with Gasteiger partial charge in [-0.3, -0.25) is 0 Å². The van der Waals surface area contributed by atoms with E-state index >= 15 is 0 Å². The van der Waals surface area contributed by atoms with Crippen LogP contribution < -0.4 is 5.32 Å². The molecule has 0 heterocycles. The van der Waals surface area contributed by atoms with E-state index in [1.165, 1.54) is 8.61 Å². The van der Waals surface area contributed by atoms with Gasteiger partial charge < -0.3 is 14.8 Å². The fourth-order valence-corrected chi connectivity index (χ4v) is 3.13. The summed E-state index contributed by atoms with van der Waals surface area (Å²) < 4.78 is 37.7. The Morgan fingerprint density at radius 2 is 1.57 bits per heavy atom. The van der Waals surface area contributed by atoms with E-state index in [-0.39, 0.29) is 0 Å². The van der Waals surface area contributed by atoms with E-state index in [1.807, 2.05) is 0 Å². The summed E-state index contributed by atoms with van der Waals surface area (Å²) in [5, 5.41) is 3.26. The van der Waals surface area contributed by atoms with E-state index in [0.29, 0.717) is 32.8 Å². The largest absolute Gasteiger partial charge is 0.383 e. The Balaban J connectivity index is 4.40. The van der Waals surface area contributed by atoms with Crippen LogP contribution in [0.5, 0.6) is 0 Å². The van der Waals surface area contributed by atoms with Gasteiger partial charge in [0.1, 0.15) is 0 Å². The molecule has 0 aliphatic rings. The van der Waals surface area contributed by atoms with E-state index in [0.717, 1.165) is 25.9 Å². The molecule has 0 amide bonds. The summed E-state index contributed by atoms with van der Waals surface area (Å²) in [6.45, 7) is 5.79. The molecule has 0 bridgehead atoms. The first-order chi connectivity index (χ1) is 10.0. The van der Waals surface area contributed by atoms with Gasteiger partial charge in [0.2, 0.25) is 0 Å². The molecule has 1 N–H and O–H groups in total. The Bertz CT molecular complexity index is 330. The van der Waals surface area contributed by atoms with Gasteiger partial charge in [-0.2, -0.15) is 17.0 Å². The molecule has 0 rings (SSSR count). The normalized spacial score (nSPS) is 12.5. The van der Waals surface area contributed by atoms with Crippen molar-refractivity contribution in [1.29, 1.82) is 0 Å². The first-order valence-electron chi connectivity index (χ1n) is 7.40. The zero-order valence-electron chi connectivity index (χ0n) is 13.8. The second-order valence-electron chi connectivity index (χ2n) is 4.82. The van der Waals surface area contributed by atoms with E-state index in [4.69, 9.17) is 9.47 Å². The molecule has 0 saturated heterocycles. The third kappa shape index (κ3) is 8.70. The number of rotatable bonds is 14. The molecular formula is C13H31N3O4S. The Hall–Kier alpha value is -0.250. The average molecular weight is 325 g/mol. The third-order valence-electron chi connectivity index (χ3n) is 3.06. The van der Waals surface area contributed by atoms with Gasteiger partial charge in [-0.05, 0) is 25.9 Å². The van der Waals surface area contributed by atoms with Crippen LogP contribution in [0.15, 0.2) is 0 Å². The minimum atomic E-state index is -3.46. The van der Waals surface area contributed by atoms with Crippen LogP contribution in [-0.2, 0) is 19.7 Å². The van der Waals surface area contributed by atoms with Crippen LogP contribution in [0.25, 0.3) is 0 Å².